The van der Waals surface area contributed by atoms with Crippen molar-refractivity contribution in [2.24, 2.45) is 11.8 Å². The van der Waals surface area contributed by atoms with Crippen molar-refractivity contribution in [1.82, 2.24) is 0 Å². The van der Waals surface area contributed by atoms with Crippen LogP contribution in [0.1, 0.15) is 121 Å². The van der Waals surface area contributed by atoms with Gasteiger partial charge in [-0.3, -0.25) is 9.59 Å². The second kappa shape index (κ2) is 26.1. The number of hydrogen-bond donors (Lipinski definition) is 0. The molecule has 1 aliphatic rings. The van der Waals surface area contributed by atoms with E-state index in [9.17, 15) is 9.59 Å². The fraction of sp³-hybridized carbons (Fsp3) is 0.739. The van der Waals surface area contributed by atoms with Crippen LogP contribution < -0.4 is 0 Å². The first kappa shape index (κ1) is 53.9. The van der Waals surface area contributed by atoms with E-state index < -0.39 is 16.6 Å². The highest BCUT2D eigenvalue weighted by Crippen LogP contribution is 2.40. The fourth-order valence-electron chi connectivity index (χ4n) is 5.70. The third-order valence-electron chi connectivity index (χ3n) is 11.3. The summed E-state index contributed by atoms with van der Waals surface area (Å²) in [6.07, 6.45) is 18.2. The molecule has 6 atom stereocenters. The molecule has 0 bridgehead atoms. The first-order valence-electron chi connectivity index (χ1n) is 20.8. The monoisotopic (exact) mass is 821 g/mol. The Hall–Kier alpha value is -2.09. The van der Waals surface area contributed by atoms with Gasteiger partial charge < -0.3 is 27.8 Å². The molecular formula is C46H84O8Si2. The molecule has 324 valence electrons. The Morgan fingerprint density at radius 1 is 1.02 bits per heavy atom. The van der Waals surface area contributed by atoms with E-state index in [-0.39, 0.29) is 58.3 Å². The van der Waals surface area contributed by atoms with Gasteiger partial charge in [-0.2, -0.15) is 0 Å². The average molecular weight is 821 g/mol. The smallest absolute Gasteiger partial charge is 0.306 e. The lowest BCUT2D eigenvalue weighted by Crippen LogP contribution is -2.49. The number of methoxy groups -OCH3 is 2. The summed E-state index contributed by atoms with van der Waals surface area (Å²) in [4.78, 5) is 23.7. The van der Waals surface area contributed by atoms with Crippen LogP contribution in [0.2, 0.25) is 36.3 Å². The summed E-state index contributed by atoms with van der Waals surface area (Å²) in [5.74, 6) is -0.0154. The summed E-state index contributed by atoms with van der Waals surface area (Å²) in [6.45, 7) is 39.0. The van der Waals surface area contributed by atoms with E-state index in [1.54, 1.807) is 20.3 Å². The molecule has 0 unspecified atom stereocenters. The minimum atomic E-state index is -1.98. The number of carbonyl (C=O) groups is 2. The number of esters is 2. The summed E-state index contributed by atoms with van der Waals surface area (Å²) < 4.78 is 35.8. The minimum Gasteiger partial charge on any atom is -0.461 e. The van der Waals surface area contributed by atoms with Crippen LogP contribution in [-0.4, -0.2) is 80.4 Å². The quantitative estimate of drug-likeness (QED) is 0.0620. The molecule has 1 rings (SSSR count). The van der Waals surface area contributed by atoms with Crippen molar-refractivity contribution >= 4 is 28.6 Å². The van der Waals surface area contributed by atoms with Crippen molar-refractivity contribution < 1.29 is 37.4 Å². The molecule has 1 heterocycles. The Morgan fingerprint density at radius 3 is 2.18 bits per heavy atom. The Balaban J connectivity index is 0.00000108. The SMILES string of the molecule is C=CCCCCC(=O)OC/C(C)=C\[C@@H](C)[C@H](O[Si](C)(C)C(C)(C)C)[C@H](C=C)OC.CO[C@H]1/C=C/CCCCC(=O)OC/C(C)=C\[C@@H](C)[C@@H]1O[Si](C)(C)C(C)(C)C. The topological polar surface area (TPSA) is 89.5 Å². The number of rotatable bonds is 17. The van der Waals surface area contributed by atoms with Crippen LogP contribution in [0, 0.1) is 11.8 Å². The molecule has 0 spiro atoms. The fourth-order valence-corrected chi connectivity index (χ4v) is 8.47. The highest BCUT2D eigenvalue weighted by atomic mass is 28.4. The molecular weight excluding hydrogens is 737 g/mol. The van der Waals surface area contributed by atoms with Gasteiger partial charge >= 0.3 is 11.9 Å². The van der Waals surface area contributed by atoms with Crippen LogP contribution in [0.4, 0.5) is 0 Å². The number of cyclic esters (lactones) is 1. The van der Waals surface area contributed by atoms with Crippen LogP contribution in [0.25, 0.3) is 0 Å². The largest absolute Gasteiger partial charge is 0.461 e. The van der Waals surface area contributed by atoms with Gasteiger partial charge in [0.05, 0.1) is 12.2 Å². The van der Waals surface area contributed by atoms with Gasteiger partial charge in [0.15, 0.2) is 16.6 Å². The predicted molar refractivity (Wildman–Crippen MR) is 240 cm³/mol. The van der Waals surface area contributed by atoms with Gasteiger partial charge in [0, 0.05) is 38.9 Å². The third kappa shape index (κ3) is 20.6. The molecule has 0 amide bonds. The Kier molecular flexibility index (Phi) is 25.1. The normalized spacial score (nSPS) is 22.8. The first-order valence-corrected chi connectivity index (χ1v) is 26.7. The predicted octanol–water partition coefficient (Wildman–Crippen LogP) is 12.1. The van der Waals surface area contributed by atoms with E-state index in [2.05, 4.69) is 119 Å². The summed E-state index contributed by atoms with van der Waals surface area (Å²) >= 11 is 0. The van der Waals surface area contributed by atoms with Crippen molar-refractivity contribution in [3.05, 3.63) is 60.8 Å². The van der Waals surface area contributed by atoms with Gasteiger partial charge in [-0.15, -0.1) is 13.2 Å². The number of carbonyl (C=O) groups excluding carboxylic acids is 2. The summed E-state index contributed by atoms with van der Waals surface area (Å²) in [5, 5.41) is 0.229. The Bertz CT molecular complexity index is 1270. The molecule has 0 N–H and O–H groups in total. The van der Waals surface area contributed by atoms with Crippen LogP contribution in [-0.2, 0) is 37.4 Å². The lowest BCUT2D eigenvalue weighted by Gasteiger charge is -2.42. The second-order valence-electron chi connectivity index (χ2n) is 18.6. The van der Waals surface area contributed by atoms with E-state index in [0.29, 0.717) is 26.1 Å². The van der Waals surface area contributed by atoms with E-state index in [1.807, 2.05) is 19.9 Å². The molecule has 1 aliphatic heterocycles. The van der Waals surface area contributed by atoms with Crippen LogP contribution in [0.3, 0.4) is 0 Å². The van der Waals surface area contributed by atoms with E-state index in [0.717, 1.165) is 49.7 Å². The Labute approximate surface area is 346 Å². The summed E-state index contributed by atoms with van der Waals surface area (Å²) in [5.41, 5.74) is 2.07. The molecule has 0 radical (unpaired) electrons. The number of unbranched alkanes of at least 4 members (excludes halogenated alkanes) is 2. The van der Waals surface area contributed by atoms with Gasteiger partial charge in [0.2, 0.25) is 0 Å². The zero-order valence-corrected chi connectivity index (χ0v) is 40.7. The molecule has 0 saturated heterocycles. The number of ether oxygens (including phenoxy) is 4. The highest BCUT2D eigenvalue weighted by molar-refractivity contribution is 6.74. The molecule has 8 nitrogen and oxygen atoms in total. The molecule has 0 aromatic carbocycles. The lowest BCUT2D eigenvalue weighted by atomic mass is 9.96. The second-order valence-corrected chi connectivity index (χ2v) is 28.1. The summed E-state index contributed by atoms with van der Waals surface area (Å²) in [7, 11) is -0.505. The van der Waals surface area contributed by atoms with E-state index in [1.165, 1.54) is 0 Å². The van der Waals surface area contributed by atoms with Crippen molar-refractivity contribution in [3.63, 3.8) is 0 Å². The standard InChI is InChI=1S/C24H44O4Si.C22H40O4Si/c1-11-13-14-15-16-22(25)27-18-19(3)17-20(4)23(21(12-2)26-8)28-29(9,10)24(5,6)7;1-17-15-18(2)21(26-27(7,8)22(3,4)5)19(24-6)13-11-9-10-12-14-20(23)25-16-17/h11-12,17,20-21,23H,1-2,13-16,18H2,3-10H3;11,13,15,18-19,21H,9-10,12,14,16H2,1-8H3/b19-17-;13-11+,17-15-/t20-,21+,23+;18-,19+,21+/m11/s1. The van der Waals surface area contributed by atoms with Crippen molar-refractivity contribution in [2.75, 3.05) is 27.4 Å². The van der Waals surface area contributed by atoms with Gasteiger partial charge in [-0.25, -0.2) is 0 Å². The molecule has 0 aromatic rings. The highest BCUT2D eigenvalue weighted by Gasteiger charge is 2.43. The van der Waals surface area contributed by atoms with Crippen molar-refractivity contribution in [1.29, 1.82) is 0 Å². The third-order valence-corrected chi connectivity index (χ3v) is 20.3. The van der Waals surface area contributed by atoms with E-state index >= 15 is 0 Å². The molecule has 0 saturated carbocycles. The molecule has 10 heteroatoms. The van der Waals surface area contributed by atoms with Gasteiger partial charge in [0.25, 0.3) is 0 Å². The minimum absolute atomic E-state index is 0.0688. The maximum Gasteiger partial charge on any atom is 0.306 e. The maximum atomic E-state index is 11.9. The lowest BCUT2D eigenvalue weighted by molar-refractivity contribution is -0.143. The van der Waals surface area contributed by atoms with E-state index in [4.69, 9.17) is 27.8 Å². The van der Waals surface area contributed by atoms with Crippen LogP contribution in [0.5, 0.6) is 0 Å². The van der Waals surface area contributed by atoms with Crippen LogP contribution >= 0.6 is 0 Å². The maximum absolute atomic E-state index is 11.9. The zero-order chi connectivity index (χ0) is 43.3. The van der Waals surface area contributed by atoms with Crippen molar-refractivity contribution in [3.8, 4) is 0 Å². The number of allylic oxidation sites excluding steroid dienone is 2. The molecule has 0 fully saturated rings. The van der Waals surface area contributed by atoms with Gasteiger partial charge in [-0.1, -0.05) is 91.8 Å². The first-order chi connectivity index (χ1) is 25.9. The summed E-state index contributed by atoms with van der Waals surface area (Å²) in [6, 6.07) is 0. The van der Waals surface area contributed by atoms with Crippen molar-refractivity contribution in [2.45, 2.75) is 181 Å². The Morgan fingerprint density at radius 2 is 1.64 bits per heavy atom. The molecule has 56 heavy (non-hydrogen) atoms. The number of hydrogen-bond acceptors (Lipinski definition) is 8. The average Bonchev–Trinajstić information content (AvgIpc) is 3.09. The zero-order valence-electron chi connectivity index (χ0n) is 38.7. The van der Waals surface area contributed by atoms with Gasteiger partial charge in [0.1, 0.15) is 25.4 Å². The van der Waals surface area contributed by atoms with Gasteiger partial charge in [-0.05, 0) is 99.8 Å². The molecule has 0 aliphatic carbocycles. The van der Waals surface area contributed by atoms with Crippen LogP contribution in [0.15, 0.2) is 60.8 Å². The molecule has 0 aromatic heterocycles.